The minimum absolute atomic E-state index is 0.952. The molecule has 3 rings (SSSR count). The number of benzene rings is 2. The van der Waals surface area contributed by atoms with Crippen molar-refractivity contribution in [2.45, 2.75) is 13.8 Å². The molecule has 4 nitrogen and oxygen atoms in total. The first-order valence-corrected chi connectivity index (χ1v) is 8.71. The average molecular weight is 322 g/mol. The summed E-state index contributed by atoms with van der Waals surface area (Å²) in [4.78, 5) is 7.20. The van der Waals surface area contributed by atoms with Crippen LogP contribution >= 0.6 is 0 Å². The summed E-state index contributed by atoms with van der Waals surface area (Å²) in [6, 6.07) is 16.8. The van der Waals surface area contributed by atoms with Crippen LogP contribution in [-0.2, 0) is 7.05 Å². The number of nitrogens with one attached hydrogen (secondary N) is 1. The molecule has 1 heterocycles. The molecular formula is C20H26N4. The molecule has 126 valence electrons. The van der Waals surface area contributed by atoms with Crippen molar-refractivity contribution in [1.29, 1.82) is 0 Å². The normalized spacial score (nSPS) is 11.3. The van der Waals surface area contributed by atoms with Crippen LogP contribution in [0.3, 0.4) is 0 Å². The maximum atomic E-state index is 4.79. The summed E-state index contributed by atoms with van der Waals surface area (Å²) >= 11 is 0. The molecule has 1 N–H and O–H groups in total. The Hall–Kier alpha value is -2.33. The van der Waals surface area contributed by atoms with E-state index in [9.17, 15) is 0 Å². The third-order valence-electron chi connectivity index (χ3n) is 4.56. The summed E-state index contributed by atoms with van der Waals surface area (Å²) in [7, 11) is 2.07. The second kappa shape index (κ2) is 7.49. The van der Waals surface area contributed by atoms with Crippen LogP contribution in [0.25, 0.3) is 22.4 Å². The van der Waals surface area contributed by atoms with Crippen LogP contribution in [0.1, 0.15) is 13.8 Å². The quantitative estimate of drug-likeness (QED) is 0.714. The number of fused-ring (bicyclic) bond motifs is 1. The smallest absolute Gasteiger partial charge is 0.140 e. The molecule has 0 bridgehead atoms. The molecule has 0 aliphatic carbocycles. The van der Waals surface area contributed by atoms with Gasteiger partial charge in [0, 0.05) is 31.4 Å². The van der Waals surface area contributed by atoms with Gasteiger partial charge >= 0.3 is 0 Å². The van der Waals surface area contributed by atoms with E-state index in [0.29, 0.717) is 0 Å². The average Bonchev–Trinajstić information content (AvgIpc) is 2.96. The topological polar surface area (TPSA) is 33.1 Å². The maximum Gasteiger partial charge on any atom is 0.140 e. The van der Waals surface area contributed by atoms with Crippen LogP contribution in [-0.4, -0.2) is 40.6 Å². The Labute approximate surface area is 144 Å². The monoisotopic (exact) mass is 322 g/mol. The number of para-hydroxylation sites is 2. The number of aryl methyl sites for hydroxylation is 1. The van der Waals surface area contributed by atoms with Gasteiger partial charge in [0.2, 0.25) is 0 Å². The molecule has 0 atom stereocenters. The molecule has 4 heteroatoms. The van der Waals surface area contributed by atoms with Crippen LogP contribution in [0, 0.1) is 0 Å². The molecule has 1 aromatic heterocycles. The van der Waals surface area contributed by atoms with Gasteiger partial charge in [0.05, 0.1) is 11.0 Å². The van der Waals surface area contributed by atoms with Crippen LogP contribution in [0.5, 0.6) is 0 Å². The lowest BCUT2D eigenvalue weighted by Crippen LogP contribution is -2.28. The van der Waals surface area contributed by atoms with Gasteiger partial charge in [-0.1, -0.05) is 38.1 Å². The third kappa shape index (κ3) is 3.44. The Balaban J connectivity index is 1.78. The first kappa shape index (κ1) is 16.5. The Morgan fingerprint density at radius 3 is 2.58 bits per heavy atom. The molecule has 0 aliphatic rings. The largest absolute Gasteiger partial charge is 0.384 e. The van der Waals surface area contributed by atoms with Crippen LogP contribution in [0.15, 0.2) is 48.5 Å². The van der Waals surface area contributed by atoms with E-state index in [1.807, 2.05) is 6.07 Å². The highest BCUT2D eigenvalue weighted by atomic mass is 15.1. The summed E-state index contributed by atoms with van der Waals surface area (Å²) in [6.07, 6.45) is 0. The minimum Gasteiger partial charge on any atom is -0.384 e. The van der Waals surface area contributed by atoms with Crippen molar-refractivity contribution in [3.63, 3.8) is 0 Å². The van der Waals surface area contributed by atoms with Gasteiger partial charge in [0.1, 0.15) is 5.82 Å². The standard InChI is InChI=1S/C20H26N4/c1-4-24(5-2)14-13-21-17-10-8-9-16(15-17)20-22-18-11-6-7-12-19(18)23(20)3/h6-12,15,21H,4-5,13-14H2,1-3H3. The van der Waals surface area contributed by atoms with E-state index in [4.69, 9.17) is 4.98 Å². The number of rotatable bonds is 7. The Bertz CT molecular complexity index is 802. The molecular weight excluding hydrogens is 296 g/mol. The number of anilines is 1. The Morgan fingerprint density at radius 2 is 1.83 bits per heavy atom. The van der Waals surface area contributed by atoms with E-state index in [1.54, 1.807) is 0 Å². The second-order valence-electron chi connectivity index (χ2n) is 6.02. The first-order chi connectivity index (χ1) is 11.7. The van der Waals surface area contributed by atoms with Gasteiger partial charge < -0.3 is 14.8 Å². The van der Waals surface area contributed by atoms with Crippen molar-refractivity contribution in [2.24, 2.45) is 7.05 Å². The van der Waals surface area contributed by atoms with Crippen molar-refractivity contribution in [2.75, 3.05) is 31.5 Å². The number of likely N-dealkylation sites (N-methyl/N-ethyl adjacent to an activating group) is 1. The number of hydrogen-bond donors (Lipinski definition) is 1. The zero-order chi connectivity index (χ0) is 16.9. The van der Waals surface area contributed by atoms with Gasteiger partial charge in [0.15, 0.2) is 0 Å². The van der Waals surface area contributed by atoms with Crippen molar-refractivity contribution in [3.05, 3.63) is 48.5 Å². The Kier molecular flexibility index (Phi) is 5.16. The molecule has 0 saturated heterocycles. The SMILES string of the molecule is CCN(CC)CCNc1cccc(-c2nc3ccccc3n2C)c1. The van der Waals surface area contributed by atoms with Gasteiger partial charge in [-0.05, 0) is 37.4 Å². The van der Waals surface area contributed by atoms with E-state index >= 15 is 0 Å². The van der Waals surface area contributed by atoms with Crippen LogP contribution in [0.4, 0.5) is 5.69 Å². The lowest BCUT2D eigenvalue weighted by atomic mass is 10.2. The van der Waals surface area contributed by atoms with Crippen molar-refractivity contribution in [3.8, 4) is 11.4 Å². The zero-order valence-electron chi connectivity index (χ0n) is 14.8. The molecule has 0 aliphatic heterocycles. The highest BCUT2D eigenvalue weighted by Gasteiger charge is 2.09. The maximum absolute atomic E-state index is 4.79. The van der Waals surface area contributed by atoms with E-state index in [1.165, 1.54) is 0 Å². The fourth-order valence-electron chi connectivity index (χ4n) is 3.07. The highest BCUT2D eigenvalue weighted by Crippen LogP contribution is 2.25. The second-order valence-corrected chi connectivity index (χ2v) is 6.02. The lowest BCUT2D eigenvalue weighted by Gasteiger charge is -2.18. The predicted molar refractivity (Wildman–Crippen MR) is 102 cm³/mol. The van der Waals surface area contributed by atoms with E-state index < -0.39 is 0 Å². The number of hydrogen-bond acceptors (Lipinski definition) is 3. The number of nitrogens with zero attached hydrogens (tertiary/aromatic N) is 3. The lowest BCUT2D eigenvalue weighted by molar-refractivity contribution is 0.316. The summed E-state index contributed by atoms with van der Waals surface area (Å²) in [5, 5.41) is 3.53. The zero-order valence-corrected chi connectivity index (χ0v) is 14.8. The fraction of sp³-hybridized carbons (Fsp3) is 0.350. The molecule has 24 heavy (non-hydrogen) atoms. The number of aromatic nitrogens is 2. The molecule has 0 saturated carbocycles. The molecule has 0 unspecified atom stereocenters. The van der Waals surface area contributed by atoms with Gasteiger partial charge in [0.25, 0.3) is 0 Å². The predicted octanol–water partition coefficient (Wildman–Crippen LogP) is 3.99. The van der Waals surface area contributed by atoms with Crippen molar-refractivity contribution < 1.29 is 0 Å². The van der Waals surface area contributed by atoms with E-state index in [2.05, 4.69) is 78.1 Å². The summed E-state index contributed by atoms with van der Waals surface area (Å²) in [5.41, 5.74) is 4.48. The van der Waals surface area contributed by atoms with Crippen LogP contribution < -0.4 is 5.32 Å². The molecule has 0 amide bonds. The third-order valence-corrected chi connectivity index (χ3v) is 4.56. The van der Waals surface area contributed by atoms with Gasteiger partial charge in [-0.2, -0.15) is 0 Å². The van der Waals surface area contributed by atoms with Gasteiger partial charge in [-0.3, -0.25) is 0 Å². The first-order valence-electron chi connectivity index (χ1n) is 8.71. The number of imidazole rings is 1. The van der Waals surface area contributed by atoms with Gasteiger partial charge in [-0.25, -0.2) is 4.98 Å². The molecule has 2 aromatic carbocycles. The van der Waals surface area contributed by atoms with E-state index in [-0.39, 0.29) is 0 Å². The minimum atomic E-state index is 0.952. The summed E-state index contributed by atoms with van der Waals surface area (Å²) in [6.45, 7) is 8.61. The molecule has 3 aromatic rings. The molecule has 0 radical (unpaired) electrons. The van der Waals surface area contributed by atoms with E-state index in [0.717, 1.165) is 54.3 Å². The fourth-order valence-corrected chi connectivity index (χ4v) is 3.07. The molecule has 0 spiro atoms. The van der Waals surface area contributed by atoms with Crippen LogP contribution in [0.2, 0.25) is 0 Å². The van der Waals surface area contributed by atoms with Gasteiger partial charge in [-0.15, -0.1) is 0 Å². The molecule has 0 fully saturated rings. The Morgan fingerprint density at radius 1 is 1.04 bits per heavy atom. The van der Waals surface area contributed by atoms with Crippen molar-refractivity contribution in [1.82, 2.24) is 14.5 Å². The summed E-state index contributed by atoms with van der Waals surface area (Å²) < 4.78 is 2.16. The summed E-state index contributed by atoms with van der Waals surface area (Å²) in [5.74, 6) is 1.00. The highest BCUT2D eigenvalue weighted by molar-refractivity contribution is 5.81. The van der Waals surface area contributed by atoms with Crippen molar-refractivity contribution >= 4 is 16.7 Å².